The van der Waals surface area contributed by atoms with Crippen molar-refractivity contribution in [1.29, 1.82) is 0 Å². The van der Waals surface area contributed by atoms with Crippen LogP contribution in [0.3, 0.4) is 0 Å². The summed E-state index contributed by atoms with van der Waals surface area (Å²) in [6, 6.07) is 8.02. The number of amides is 2. The molecule has 0 bridgehead atoms. The molecule has 0 aliphatic heterocycles. The molecule has 130 valence electrons. The van der Waals surface area contributed by atoms with Crippen molar-refractivity contribution in [2.24, 2.45) is 0 Å². The first-order valence-electron chi connectivity index (χ1n) is 8.25. The Bertz CT molecular complexity index is 636. The minimum Gasteiger partial charge on any atom is -0.396 e. The van der Waals surface area contributed by atoms with Gasteiger partial charge in [0, 0.05) is 37.8 Å². The number of halogens is 1. The summed E-state index contributed by atoms with van der Waals surface area (Å²) in [5, 5.41) is 11.6. The lowest BCUT2D eigenvalue weighted by molar-refractivity contribution is 0.201. The SMILES string of the molecule is CCCCN(CCCO)C(=O)Nc1cc(-n2cccc2)ccc1F. The molecule has 0 saturated heterocycles. The topological polar surface area (TPSA) is 57.5 Å². The number of urea groups is 1. The van der Waals surface area contributed by atoms with Crippen LogP contribution < -0.4 is 5.32 Å². The van der Waals surface area contributed by atoms with Gasteiger partial charge in [-0.3, -0.25) is 0 Å². The second-order valence-corrected chi connectivity index (χ2v) is 5.60. The molecule has 0 radical (unpaired) electrons. The molecule has 0 aliphatic carbocycles. The van der Waals surface area contributed by atoms with Gasteiger partial charge in [-0.25, -0.2) is 9.18 Å². The molecule has 0 unspecified atom stereocenters. The number of rotatable bonds is 8. The minimum atomic E-state index is -0.475. The Hall–Kier alpha value is -2.34. The number of hydrogen-bond acceptors (Lipinski definition) is 2. The first-order valence-corrected chi connectivity index (χ1v) is 8.25. The third-order valence-electron chi connectivity index (χ3n) is 3.75. The van der Waals surface area contributed by atoms with Gasteiger partial charge in [-0.05, 0) is 43.2 Å². The van der Waals surface area contributed by atoms with E-state index >= 15 is 0 Å². The summed E-state index contributed by atoms with van der Waals surface area (Å²) >= 11 is 0. The monoisotopic (exact) mass is 333 g/mol. The molecule has 0 atom stereocenters. The van der Waals surface area contributed by atoms with E-state index in [9.17, 15) is 9.18 Å². The number of hydrogen-bond donors (Lipinski definition) is 2. The minimum absolute atomic E-state index is 0.0212. The van der Waals surface area contributed by atoms with E-state index in [0.717, 1.165) is 18.5 Å². The number of nitrogens with one attached hydrogen (secondary N) is 1. The van der Waals surface area contributed by atoms with E-state index in [4.69, 9.17) is 5.11 Å². The Kier molecular flexibility index (Phi) is 6.81. The van der Waals surface area contributed by atoms with Crippen LogP contribution in [0.5, 0.6) is 0 Å². The van der Waals surface area contributed by atoms with Crippen LogP contribution in [0.15, 0.2) is 42.7 Å². The summed E-state index contributed by atoms with van der Waals surface area (Å²) in [5.41, 5.74) is 0.920. The zero-order chi connectivity index (χ0) is 17.4. The average molecular weight is 333 g/mol. The predicted molar refractivity (Wildman–Crippen MR) is 92.9 cm³/mol. The maximum atomic E-state index is 14.1. The fourth-order valence-electron chi connectivity index (χ4n) is 2.40. The molecule has 2 N–H and O–H groups in total. The average Bonchev–Trinajstić information content (AvgIpc) is 3.11. The Morgan fingerprint density at radius 2 is 1.96 bits per heavy atom. The van der Waals surface area contributed by atoms with Crippen LogP contribution in [0.2, 0.25) is 0 Å². The second kappa shape index (κ2) is 9.08. The number of unbranched alkanes of at least 4 members (excludes halogenated alkanes) is 1. The molecule has 24 heavy (non-hydrogen) atoms. The number of nitrogens with zero attached hydrogens (tertiary/aromatic N) is 2. The van der Waals surface area contributed by atoms with Gasteiger partial charge < -0.3 is 19.9 Å². The molecule has 0 aliphatic rings. The largest absolute Gasteiger partial charge is 0.396 e. The van der Waals surface area contributed by atoms with E-state index in [2.05, 4.69) is 5.32 Å². The van der Waals surface area contributed by atoms with Crippen LogP contribution in [0.25, 0.3) is 5.69 Å². The fourth-order valence-corrected chi connectivity index (χ4v) is 2.40. The second-order valence-electron chi connectivity index (χ2n) is 5.60. The van der Waals surface area contributed by atoms with E-state index in [1.54, 1.807) is 17.0 Å². The number of benzene rings is 1. The Labute approximate surface area is 141 Å². The van der Waals surface area contributed by atoms with E-state index < -0.39 is 5.82 Å². The Morgan fingerprint density at radius 1 is 1.25 bits per heavy atom. The van der Waals surface area contributed by atoms with Gasteiger partial charge in [0.2, 0.25) is 0 Å². The van der Waals surface area contributed by atoms with Crippen molar-refractivity contribution in [2.45, 2.75) is 26.2 Å². The number of aliphatic hydroxyl groups excluding tert-OH is 1. The molecule has 0 fully saturated rings. The van der Waals surface area contributed by atoms with E-state index in [-0.39, 0.29) is 18.3 Å². The molecular formula is C18H24FN3O2. The molecule has 1 aromatic carbocycles. The van der Waals surface area contributed by atoms with Crippen LogP contribution in [0.4, 0.5) is 14.9 Å². The highest BCUT2D eigenvalue weighted by atomic mass is 19.1. The lowest BCUT2D eigenvalue weighted by atomic mass is 10.2. The van der Waals surface area contributed by atoms with Crippen LogP contribution in [-0.2, 0) is 0 Å². The van der Waals surface area contributed by atoms with E-state index in [1.807, 2.05) is 36.0 Å². The predicted octanol–water partition coefficient (Wildman–Crippen LogP) is 3.63. The van der Waals surface area contributed by atoms with Crippen LogP contribution in [-0.4, -0.2) is 40.3 Å². The highest BCUT2D eigenvalue weighted by Crippen LogP contribution is 2.20. The van der Waals surface area contributed by atoms with Gasteiger partial charge in [-0.15, -0.1) is 0 Å². The maximum absolute atomic E-state index is 14.1. The van der Waals surface area contributed by atoms with Gasteiger partial charge in [-0.2, -0.15) is 0 Å². The third kappa shape index (κ3) is 4.83. The quantitative estimate of drug-likeness (QED) is 0.775. The maximum Gasteiger partial charge on any atom is 0.321 e. The van der Waals surface area contributed by atoms with Crippen molar-refractivity contribution in [2.75, 3.05) is 25.0 Å². The zero-order valence-corrected chi connectivity index (χ0v) is 13.9. The number of carbonyl (C=O) groups is 1. The molecule has 2 amide bonds. The molecule has 1 aromatic heterocycles. The van der Waals surface area contributed by atoms with Gasteiger partial charge in [0.05, 0.1) is 5.69 Å². The van der Waals surface area contributed by atoms with Gasteiger partial charge >= 0.3 is 6.03 Å². The van der Waals surface area contributed by atoms with Gasteiger partial charge in [0.1, 0.15) is 5.82 Å². The van der Waals surface area contributed by atoms with Crippen LogP contribution >= 0.6 is 0 Å². The van der Waals surface area contributed by atoms with Crippen molar-refractivity contribution in [1.82, 2.24) is 9.47 Å². The number of aromatic nitrogens is 1. The summed E-state index contributed by atoms with van der Waals surface area (Å²) in [4.78, 5) is 14.0. The highest BCUT2D eigenvalue weighted by molar-refractivity contribution is 5.89. The third-order valence-corrected chi connectivity index (χ3v) is 3.75. The lowest BCUT2D eigenvalue weighted by Crippen LogP contribution is -2.37. The Balaban J connectivity index is 2.12. The normalized spacial score (nSPS) is 10.6. The smallest absolute Gasteiger partial charge is 0.321 e. The van der Waals surface area contributed by atoms with Gasteiger partial charge in [0.15, 0.2) is 0 Å². The molecule has 2 aromatic rings. The van der Waals surface area contributed by atoms with Crippen molar-refractivity contribution in [3.8, 4) is 5.69 Å². The summed E-state index contributed by atoms with van der Waals surface area (Å²) in [7, 11) is 0. The number of anilines is 1. The van der Waals surface area contributed by atoms with E-state index in [0.29, 0.717) is 19.5 Å². The molecule has 1 heterocycles. The van der Waals surface area contributed by atoms with Crippen molar-refractivity contribution in [3.63, 3.8) is 0 Å². The van der Waals surface area contributed by atoms with Crippen molar-refractivity contribution in [3.05, 3.63) is 48.5 Å². The lowest BCUT2D eigenvalue weighted by Gasteiger charge is -2.23. The Morgan fingerprint density at radius 3 is 2.62 bits per heavy atom. The van der Waals surface area contributed by atoms with Gasteiger partial charge in [-0.1, -0.05) is 13.3 Å². The standard InChI is InChI=1S/C18H24FN3O2/c1-2-3-9-22(12-6-13-23)18(24)20-17-14-15(7-8-16(17)19)21-10-4-5-11-21/h4-5,7-8,10-11,14,23H,2-3,6,9,12-13H2,1H3,(H,20,24). The summed E-state index contributed by atoms with van der Waals surface area (Å²) in [5.74, 6) is -0.475. The highest BCUT2D eigenvalue weighted by Gasteiger charge is 2.15. The zero-order valence-electron chi connectivity index (χ0n) is 13.9. The molecule has 0 spiro atoms. The fraction of sp³-hybridized carbons (Fsp3) is 0.389. The van der Waals surface area contributed by atoms with Gasteiger partial charge in [0.25, 0.3) is 0 Å². The molecular weight excluding hydrogens is 309 g/mol. The molecule has 6 heteroatoms. The van der Waals surface area contributed by atoms with E-state index in [1.165, 1.54) is 6.07 Å². The number of aliphatic hydroxyl groups is 1. The summed E-state index contributed by atoms with van der Waals surface area (Å²) < 4.78 is 15.9. The van der Waals surface area contributed by atoms with Crippen LogP contribution in [0.1, 0.15) is 26.2 Å². The van der Waals surface area contributed by atoms with Crippen molar-refractivity contribution >= 4 is 11.7 Å². The van der Waals surface area contributed by atoms with Crippen molar-refractivity contribution < 1.29 is 14.3 Å². The molecule has 5 nitrogen and oxygen atoms in total. The summed E-state index contributed by atoms with van der Waals surface area (Å²) in [6.07, 6.45) is 6.04. The first-order chi connectivity index (χ1) is 11.7. The first kappa shape index (κ1) is 18.0. The molecule has 2 rings (SSSR count). The summed E-state index contributed by atoms with van der Waals surface area (Å²) in [6.45, 7) is 3.10. The number of carbonyl (C=O) groups excluding carboxylic acids is 1. The van der Waals surface area contributed by atoms with Crippen LogP contribution in [0, 0.1) is 5.82 Å². The molecule has 0 saturated carbocycles.